The number of ether oxygens (including phenoxy) is 1. The molecule has 0 aromatic heterocycles. The van der Waals surface area contributed by atoms with Gasteiger partial charge in [-0.25, -0.2) is 4.39 Å². The molecule has 0 spiro atoms. The molecule has 0 saturated carbocycles. The molecule has 102 valence electrons. The maximum Gasteiger partial charge on any atom is 0.363 e. The van der Waals surface area contributed by atoms with E-state index < -0.39 is 19.3 Å². The van der Waals surface area contributed by atoms with Crippen LogP contribution in [-0.4, -0.2) is 20.3 Å². The quantitative estimate of drug-likeness (QED) is 0.712. The molecule has 4 nitrogen and oxygen atoms in total. The smallest absolute Gasteiger partial charge is 0.363 e. The monoisotopic (exact) mass is 276 g/mol. The van der Waals surface area contributed by atoms with Gasteiger partial charge in [0.25, 0.3) is 0 Å². The summed E-state index contributed by atoms with van der Waals surface area (Å²) in [5.74, 6) is -1.55. The number of rotatable bonds is 7. The largest absolute Gasteiger partial charge is 0.364 e. The highest BCUT2D eigenvalue weighted by Gasteiger charge is 2.38. The summed E-state index contributed by atoms with van der Waals surface area (Å²) in [6.45, 7) is 3.79. The van der Waals surface area contributed by atoms with Gasteiger partial charge in [-0.15, -0.1) is 0 Å². The fraction of sp³-hybridized carbons (Fsp3) is 0.500. The van der Waals surface area contributed by atoms with Crippen LogP contribution >= 0.6 is 7.60 Å². The molecule has 0 N–H and O–H groups in total. The van der Waals surface area contributed by atoms with Crippen molar-refractivity contribution in [3.05, 3.63) is 35.6 Å². The van der Waals surface area contributed by atoms with Crippen LogP contribution in [0.2, 0.25) is 0 Å². The Morgan fingerprint density at radius 1 is 1.22 bits per heavy atom. The maximum absolute atomic E-state index is 13.7. The molecule has 1 rings (SSSR count). The lowest BCUT2D eigenvalue weighted by molar-refractivity contribution is 0.107. The minimum atomic E-state index is -3.54. The van der Waals surface area contributed by atoms with Crippen LogP contribution in [0, 0.1) is 5.82 Å². The topological polar surface area (TPSA) is 44.8 Å². The van der Waals surface area contributed by atoms with Gasteiger partial charge in [0, 0.05) is 12.7 Å². The van der Waals surface area contributed by atoms with E-state index in [-0.39, 0.29) is 18.8 Å². The Morgan fingerprint density at radius 3 is 2.22 bits per heavy atom. The summed E-state index contributed by atoms with van der Waals surface area (Å²) in [6, 6.07) is 5.99. The molecule has 0 heterocycles. The lowest BCUT2D eigenvalue weighted by atomic mass is 10.2. The van der Waals surface area contributed by atoms with Crippen molar-refractivity contribution >= 4 is 7.60 Å². The van der Waals surface area contributed by atoms with Crippen molar-refractivity contribution in [2.75, 3.05) is 20.3 Å². The third-order valence-corrected chi connectivity index (χ3v) is 4.60. The van der Waals surface area contributed by atoms with Crippen LogP contribution in [0.15, 0.2) is 24.3 Å². The minimum Gasteiger partial charge on any atom is -0.364 e. The Balaban J connectivity index is 3.14. The van der Waals surface area contributed by atoms with E-state index in [0.29, 0.717) is 0 Å². The van der Waals surface area contributed by atoms with Gasteiger partial charge in [0.05, 0.1) is 13.2 Å². The summed E-state index contributed by atoms with van der Waals surface area (Å²) in [4.78, 5) is 0. The summed E-state index contributed by atoms with van der Waals surface area (Å²) in [5.41, 5.74) is 0.172. The van der Waals surface area contributed by atoms with E-state index in [2.05, 4.69) is 0 Å². The minimum absolute atomic E-state index is 0.172. The number of benzene rings is 1. The van der Waals surface area contributed by atoms with Crippen LogP contribution in [0.1, 0.15) is 25.3 Å². The highest BCUT2D eigenvalue weighted by Crippen LogP contribution is 2.61. The number of hydrogen-bond donors (Lipinski definition) is 0. The van der Waals surface area contributed by atoms with Gasteiger partial charge in [-0.1, -0.05) is 18.2 Å². The van der Waals surface area contributed by atoms with E-state index in [1.165, 1.54) is 19.2 Å². The third-order valence-electron chi connectivity index (χ3n) is 2.30. The van der Waals surface area contributed by atoms with E-state index in [0.717, 1.165) is 0 Å². The second-order valence-electron chi connectivity index (χ2n) is 3.48. The Morgan fingerprint density at radius 2 is 1.78 bits per heavy atom. The molecule has 1 unspecified atom stereocenters. The molecule has 0 radical (unpaired) electrons. The van der Waals surface area contributed by atoms with Gasteiger partial charge in [0.1, 0.15) is 5.82 Å². The normalized spacial score (nSPS) is 13.6. The van der Waals surface area contributed by atoms with Gasteiger partial charge >= 0.3 is 7.60 Å². The molecule has 1 atom stereocenters. The van der Waals surface area contributed by atoms with Crippen molar-refractivity contribution in [1.82, 2.24) is 0 Å². The van der Waals surface area contributed by atoms with Gasteiger partial charge in [0.2, 0.25) is 0 Å². The summed E-state index contributed by atoms with van der Waals surface area (Å²) in [6.07, 6.45) is 0. The van der Waals surface area contributed by atoms with Crippen LogP contribution in [0.3, 0.4) is 0 Å². The highest BCUT2D eigenvalue weighted by atomic mass is 31.2. The van der Waals surface area contributed by atoms with Crippen molar-refractivity contribution in [3.8, 4) is 0 Å². The SMILES string of the molecule is CCOP(=O)(OCC)C(OC)c1ccccc1F. The zero-order chi connectivity index (χ0) is 13.6. The molecular formula is C12H18FO4P. The molecule has 0 aliphatic heterocycles. The van der Waals surface area contributed by atoms with E-state index >= 15 is 0 Å². The summed E-state index contributed by atoms with van der Waals surface area (Å²) in [7, 11) is -2.19. The number of hydrogen-bond acceptors (Lipinski definition) is 4. The summed E-state index contributed by atoms with van der Waals surface area (Å²) < 4.78 is 41.8. The van der Waals surface area contributed by atoms with Crippen molar-refractivity contribution in [2.45, 2.75) is 19.7 Å². The Labute approximate surface area is 107 Å². The number of halogens is 1. The van der Waals surface area contributed by atoms with Gasteiger partial charge in [-0.05, 0) is 19.9 Å². The highest BCUT2D eigenvalue weighted by molar-refractivity contribution is 7.54. The molecule has 0 fully saturated rings. The van der Waals surface area contributed by atoms with Crippen molar-refractivity contribution in [2.24, 2.45) is 0 Å². The average Bonchev–Trinajstić information content (AvgIpc) is 2.33. The Kier molecular flexibility index (Phi) is 5.96. The van der Waals surface area contributed by atoms with Gasteiger partial charge in [-0.2, -0.15) is 0 Å². The molecule has 0 amide bonds. The average molecular weight is 276 g/mol. The first kappa shape index (κ1) is 15.3. The molecule has 1 aromatic carbocycles. The van der Waals surface area contributed by atoms with Crippen LogP contribution in [-0.2, 0) is 18.3 Å². The lowest BCUT2D eigenvalue weighted by Gasteiger charge is -2.25. The molecular weight excluding hydrogens is 258 g/mol. The zero-order valence-electron chi connectivity index (χ0n) is 10.8. The Bertz CT molecular complexity index is 414. The van der Waals surface area contributed by atoms with E-state index in [1.807, 2.05) is 0 Å². The molecule has 6 heteroatoms. The standard InChI is InChI=1S/C12H18FO4P/c1-4-16-18(14,17-5-2)12(15-3)10-8-6-7-9-11(10)13/h6-9,12H,4-5H2,1-3H3. The molecule has 0 aliphatic rings. The van der Waals surface area contributed by atoms with Crippen LogP contribution in [0.25, 0.3) is 0 Å². The molecule has 18 heavy (non-hydrogen) atoms. The predicted octanol–water partition coefficient (Wildman–Crippen LogP) is 3.74. The third kappa shape index (κ3) is 3.39. The van der Waals surface area contributed by atoms with E-state index in [4.69, 9.17) is 13.8 Å². The fourth-order valence-corrected chi connectivity index (χ4v) is 3.51. The first-order chi connectivity index (χ1) is 8.59. The van der Waals surface area contributed by atoms with E-state index in [1.54, 1.807) is 26.0 Å². The summed E-state index contributed by atoms with van der Waals surface area (Å²) in [5, 5.41) is 0. The van der Waals surface area contributed by atoms with E-state index in [9.17, 15) is 8.96 Å². The van der Waals surface area contributed by atoms with Crippen molar-refractivity contribution < 1.29 is 22.7 Å². The second-order valence-corrected chi connectivity index (χ2v) is 5.55. The van der Waals surface area contributed by atoms with Gasteiger partial charge in [0.15, 0.2) is 5.85 Å². The second kappa shape index (κ2) is 7.00. The molecule has 0 aliphatic carbocycles. The van der Waals surface area contributed by atoms with Crippen LogP contribution in [0.4, 0.5) is 4.39 Å². The van der Waals surface area contributed by atoms with Crippen molar-refractivity contribution in [3.63, 3.8) is 0 Å². The first-order valence-corrected chi connectivity index (χ1v) is 7.36. The van der Waals surface area contributed by atoms with Crippen molar-refractivity contribution in [1.29, 1.82) is 0 Å². The fourth-order valence-electron chi connectivity index (χ4n) is 1.63. The molecule has 0 saturated heterocycles. The maximum atomic E-state index is 13.7. The lowest BCUT2D eigenvalue weighted by Crippen LogP contribution is -2.10. The van der Waals surface area contributed by atoms with Gasteiger partial charge in [-0.3, -0.25) is 4.57 Å². The Hall–Kier alpha value is -0.740. The molecule has 1 aromatic rings. The number of methoxy groups -OCH3 is 1. The summed E-state index contributed by atoms with van der Waals surface area (Å²) >= 11 is 0. The van der Waals surface area contributed by atoms with Crippen LogP contribution in [0.5, 0.6) is 0 Å². The predicted molar refractivity (Wildman–Crippen MR) is 67.0 cm³/mol. The first-order valence-electron chi connectivity index (χ1n) is 5.75. The molecule has 0 bridgehead atoms. The van der Waals surface area contributed by atoms with Gasteiger partial charge < -0.3 is 13.8 Å². The zero-order valence-corrected chi connectivity index (χ0v) is 11.7. The van der Waals surface area contributed by atoms with Crippen LogP contribution < -0.4 is 0 Å².